The molecule has 23 heavy (non-hydrogen) atoms. The monoisotopic (exact) mass is 322 g/mol. The average molecular weight is 322 g/mol. The fourth-order valence-electron chi connectivity index (χ4n) is 3.74. The first-order valence-electron chi connectivity index (χ1n) is 7.88. The number of carbonyl (C=O) groups excluding carboxylic acids is 2. The van der Waals surface area contributed by atoms with E-state index in [1.165, 1.54) is 14.2 Å². The molecule has 0 spiro atoms. The molecule has 0 amide bonds. The van der Waals surface area contributed by atoms with Gasteiger partial charge < -0.3 is 9.47 Å². The predicted octanol–water partition coefficient (Wildman–Crippen LogP) is 4.06. The average Bonchev–Trinajstić information content (AvgIpc) is 2.52. The standard InChI is InChI=1S/C19H30O4/c1-11-12(2)14(15(20)22-9)19(8,16(21)23-10)18(6,7)17(4,5)13(11)3/h1-10H3. The third-order valence-electron chi connectivity index (χ3n) is 6.73. The molecule has 4 heteroatoms. The van der Waals surface area contributed by atoms with Gasteiger partial charge >= 0.3 is 11.9 Å². The summed E-state index contributed by atoms with van der Waals surface area (Å²) in [6.45, 7) is 16.0. The molecule has 0 aromatic heterocycles. The Labute approximate surface area is 139 Å². The maximum absolute atomic E-state index is 12.9. The van der Waals surface area contributed by atoms with Gasteiger partial charge in [0.2, 0.25) is 0 Å². The molecule has 0 saturated carbocycles. The molecular weight excluding hydrogens is 292 g/mol. The molecule has 1 atom stereocenters. The van der Waals surface area contributed by atoms with Crippen LogP contribution < -0.4 is 0 Å². The zero-order chi connectivity index (χ0) is 18.4. The van der Waals surface area contributed by atoms with Crippen molar-refractivity contribution in [3.8, 4) is 0 Å². The van der Waals surface area contributed by atoms with Crippen molar-refractivity contribution in [1.29, 1.82) is 0 Å². The molecular formula is C19H30O4. The minimum absolute atomic E-state index is 0.322. The molecule has 0 bridgehead atoms. The highest BCUT2D eigenvalue weighted by atomic mass is 16.5. The highest BCUT2D eigenvalue weighted by Gasteiger charge is 2.61. The van der Waals surface area contributed by atoms with Crippen LogP contribution >= 0.6 is 0 Å². The summed E-state index contributed by atoms with van der Waals surface area (Å²) in [5.41, 5.74) is 1.35. The van der Waals surface area contributed by atoms with Crippen molar-refractivity contribution >= 4 is 11.9 Å². The van der Waals surface area contributed by atoms with Gasteiger partial charge in [0.05, 0.1) is 19.8 Å². The molecule has 0 aromatic rings. The van der Waals surface area contributed by atoms with Crippen molar-refractivity contribution < 1.29 is 19.1 Å². The third kappa shape index (κ3) is 2.34. The van der Waals surface area contributed by atoms with Gasteiger partial charge in [-0.3, -0.25) is 4.79 Å². The molecule has 1 rings (SSSR count). The van der Waals surface area contributed by atoms with Crippen LogP contribution in [0.2, 0.25) is 0 Å². The molecule has 130 valence electrons. The number of methoxy groups -OCH3 is 2. The first-order chi connectivity index (χ1) is 10.3. The van der Waals surface area contributed by atoms with Crippen LogP contribution in [0.3, 0.4) is 0 Å². The van der Waals surface area contributed by atoms with Crippen molar-refractivity contribution in [2.24, 2.45) is 16.2 Å². The SMILES string of the molecule is COC(=O)C1=C(C)C(C)=C(C)C(C)(C)C(C)(C)C1(C)C(=O)OC. The highest BCUT2D eigenvalue weighted by Crippen LogP contribution is 2.61. The van der Waals surface area contributed by atoms with Crippen molar-refractivity contribution in [3.63, 3.8) is 0 Å². The molecule has 0 N–H and O–H groups in total. The number of rotatable bonds is 2. The third-order valence-corrected chi connectivity index (χ3v) is 6.73. The van der Waals surface area contributed by atoms with E-state index in [2.05, 4.69) is 20.8 Å². The molecule has 0 heterocycles. The summed E-state index contributed by atoms with van der Waals surface area (Å²) in [7, 11) is 2.70. The molecule has 1 unspecified atom stereocenters. The largest absolute Gasteiger partial charge is 0.468 e. The van der Waals surface area contributed by atoms with Crippen LogP contribution in [0.5, 0.6) is 0 Å². The van der Waals surface area contributed by atoms with E-state index < -0.39 is 22.8 Å². The number of carbonyl (C=O) groups is 2. The number of allylic oxidation sites excluding steroid dienone is 3. The maximum atomic E-state index is 12.9. The highest BCUT2D eigenvalue weighted by molar-refractivity contribution is 6.00. The summed E-state index contributed by atoms with van der Waals surface area (Å²) in [4.78, 5) is 25.5. The molecule has 0 radical (unpaired) electrons. The number of hydrogen-bond acceptors (Lipinski definition) is 4. The number of ether oxygens (including phenoxy) is 2. The Kier molecular flexibility index (Phi) is 4.91. The summed E-state index contributed by atoms with van der Waals surface area (Å²) in [5, 5.41) is 0. The Morgan fingerprint density at radius 2 is 1.30 bits per heavy atom. The van der Waals surface area contributed by atoms with E-state index >= 15 is 0 Å². The van der Waals surface area contributed by atoms with Gasteiger partial charge in [0.15, 0.2) is 0 Å². The Morgan fingerprint density at radius 3 is 1.70 bits per heavy atom. The van der Waals surface area contributed by atoms with Gasteiger partial charge in [0.25, 0.3) is 0 Å². The molecule has 4 nitrogen and oxygen atoms in total. The first kappa shape index (κ1) is 19.5. The van der Waals surface area contributed by atoms with Crippen LogP contribution in [-0.4, -0.2) is 26.2 Å². The minimum atomic E-state index is -1.12. The van der Waals surface area contributed by atoms with E-state index in [0.29, 0.717) is 5.57 Å². The lowest BCUT2D eigenvalue weighted by Crippen LogP contribution is -2.53. The van der Waals surface area contributed by atoms with Crippen molar-refractivity contribution in [1.82, 2.24) is 0 Å². The Balaban J connectivity index is 4.03. The topological polar surface area (TPSA) is 52.6 Å². The number of hydrogen-bond donors (Lipinski definition) is 0. The second-order valence-electron chi connectivity index (χ2n) is 7.61. The van der Waals surface area contributed by atoms with E-state index in [4.69, 9.17) is 9.47 Å². The van der Waals surface area contributed by atoms with Gasteiger partial charge in [0, 0.05) is 0 Å². The maximum Gasteiger partial charge on any atom is 0.335 e. The Hall–Kier alpha value is -1.58. The van der Waals surface area contributed by atoms with E-state index in [1.54, 1.807) is 6.92 Å². The van der Waals surface area contributed by atoms with Crippen LogP contribution in [0.15, 0.2) is 22.3 Å². The lowest BCUT2D eigenvalue weighted by molar-refractivity contribution is -0.163. The van der Waals surface area contributed by atoms with Crippen LogP contribution in [0.4, 0.5) is 0 Å². The van der Waals surface area contributed by atoms with E-state index in [-0.39, 0.29) is 5.41 Å². The van der Waals surface area contributed by atoms with Crippen LogP contribution in [0.1, 0.15) is 55.4 Å². The van der Waals surface area contributed by atoms with E-state index in [1.807, 2.05) is 27.7 Å². The molecule has 1 aliphatic carbocycles. The summed E-state index contributed by atoms with van der Waals surface area (Å²) in [6.07, 6.45) is 0. The second-order valence-corrected chi connectivity index (χ2v) is 7.61. The van der Waals surface area contributed by atoms with Crippen molar-refractivity contribution in [2.45, 2.75) is 55.4 Å². The summed E-state index contributed by atoms with van der Waals surface area (Å²) < 4.78 is 10.1. The van der Waals surface area contributed by atoms with Crippen LogP contribution in [-0.2, 0) is 19.1 Å². The van der Waals surface area contributed by atoms with E-state index in [9.17, 15) is 9.59 Å². The fourth-order valence-corrected chi connectivity index (χ4v) is 3.74. The van der Waals surface area contributed by atoms with Crippen LogP contribution in [0, 0.1) is 16.2 Å². The van der Waals surface area contributed by atoms with Gasteiger partial charge in [-0.2, -0.15) is 0 Å². The summed E-state index contributed by atoms with van der Waals surface area (Å²) in [6, 6.07) is 0. The van der Waals surface area contributed by atoms with Crippen molar-refractivity contribution in [3.05, 3.63) is 22.3 Å². The normalized spacial score (nSPS) is 26.7. The molecule has 0 fully saturated rings. The first-order valence-corrected chi connectivity index (χ1v) is 7.88. The smallest absolute Gasteiger partial charge is 0.335 e. The van der Waals surface area contributed by atoms with E-state index in [0.717, 1.165) is 16.7 Å². The van der Waals surface area contributed by atoms with Gasteiger partial charge in [-0.05, 0) is 49.7 Å². The lowest BCUT2D eigenvalue weighted by atomic mass is 9.50. The quantitative estimate of drug-likeness (QED) is 0.720. The van der Waals surface area contributed by atoms with Gasteiger partial charge in [0.1, 0.15) is 5.41 Å². The summed E-state index contributed by atoms with van der Waals surface area (Å²) in [5.74, 6) is -0.897. The zero-order valence-electron chi connectivity index (χ0n) is 16.1. The Bertz CT molecular complexity index is 605. The zero-order valence-corrected chi connectivity index (χ0v) is 16.1. The van der Waals surface area contributed by atoms with Crippen molar-refractivity contribution in [2.75, 3.05) is 14.2 Å². The molecule has 0 aromatic carbocycles. The molecule has 0 saturated heterocycles. The van der Waals surface area contributed by atoms with Crippen LogP contribution in [0.25, 0.3) is 0 Å². The molecule has 1 aliphatic rings. The number of esters is 2. The summed E-state index contributed by atoms with van der Waals surface area (Å²) >= 11 is 0. The second kappa shape index (κ2) is 5.81. The predicted molar refractivity (Wildman–Crippen MR) is 90.8 cm³/mol. The van der Waals surface area contributed by atoms with Gasteiger partial charge in [-0.25, -0.2) is 4.79 Å². The lowest BCUT2D eigenvalue weighted by Gasteiger charge is -2.51. The molecule has 0 aliphatic heterocycles. The fraction of sp³-hybridized carbons (Fsp3) is 0.684. The Morgan fingerprint density at radius 1 is 0.826 bits per heavy atom. The van der Waals surface area contributed by atoms with Gasteiger partial charge in [-0.1, -0.05) is 33.3 Å². The minimum Gasteiger partial charge on any atom is -0.468 e. The van der Waals surface area contributed by atoms with Gasteiger partial charge in [-0.15, -0.1) is 0 Å².